The maximum Gasteiger partial charge on any atom is 0.272 e. The number of anilines is 1. The number of carbonyl (C=O) groups is 2. The molecule has 2 aromatic carbocycles. The highest BCUT2D eigenvalue weighted by atomic mass is 79.9. The quantitative estimate of drug-likeness (QED) is 0.579. The summed E-state index contributed by atoms with van der Waals surface area (Å²) >= 11 is 3.31. The Morgan fingerprint density at radius 3 is 2.57 bits per heavy atom. The van der Waals surface area contributed by atoms with E-state index in [1.165, 1.54) is 24.3 Å². The largest absolute Gasteiger partial charge is 0.321 e. The van der Waals surface area contributed by atoms with Crippen LogP contribution < -0.4 is 10.6 Å². The molecule has 0 unspecified atom stereocenters. The second kappa shape index (κ2) is 9.05. The monoisotopic (exact) mass is 439 g/mol. The summed E-state index contributed by atoms with van der Waals surface area (Å²) in [5.41, 5.74) is 1.28. The van der Waals surface area contributed by atoms with Gasteiger partial charge in [0.1, 0.15) is 11.5 Å². The maximum absolute atomic E-state index is 13.4. The molecule has 7 heteroatoms. The SMILES string of the molecule is O=C(Nc1cccc(F)c1)/C(=C/c1cccnc1)NC(=O)c1cccc(Br)c1. The van der Waals surface area contributed by atoms with Crippen LogP contribution in [-0.4, -0.2) is 16.8 Å². The van der Waals surface area contributed by atoms with Gasteiger partial charge in [-0.1, -0.05) is 34.1 Å². The van der Waals surface area contributed by atoms with E-state index in [2.05, 4.69) is 31.5 Å². The zero-order valence-electron chi connectivity index (χ0n) is 14.5. The van der Waals surface area contributed by atoms with E-state index >= 15 is 0 Å². The predicted octanol–water partition coefficient (Wildman–Crippen LogP) is 4.39. The van der Waals surface area contributed by atoms with Crippen molar-refractivity contribution in [3.8, 4) is 0 Å². The fourth-order valence-corrected chi connectivity index (χ4v) is 2.77. The molecule has 1 heterocycles. The first kappa shape index (κ1) is 19.4. The van der Waals surface area contributed by atoms with Crippen LogP contribution in [0, 0.1) is 5.82 Å². The van der Waals surface area contributed by atoms with Gasteiger partial charge >= 0.3 is 0 Å². The Morgan fingerprint density at radius 1 is 1.04 bits per heavy atom. The average molecular weight is 440 g/mol. The van der Waals surface area contributed by atoms with Crippen LogP contribution in [0.4, 0.5) is 10.1 Å². The van der Waals surface area contributed by atoms with Crippen LogP contribution >= 0.6 is 15.9 Å². The Morgan fingerprint density at radius 2 is 1.86 bits per heavy atom. The minimum atomic E-state index is -0.585. The van der Waals surface area contributed by atoms with Crippen LogP contribution in [-0.2, 0) is 4.79 Å². The van der Waals surface area contributed by atoms with Crippen molar-refractivity contribution in [2.45, 2.75) is 0 Å². The number of amides is 2. The number of nitrogens with zero attached hydrogens (tertiary/aromatic N) is 1. The van der Waals surface area contributed by atoms with E-state index in [0.717, 1.165) is 4.47 Å². The summed E-state index contributed by atoms with van der Waals surface area (Å²) in [5, 5.41) is 5.19. The summed E-state index contributed by atoms with van der Waals surface area (Å²) in [6.45, 7) is 0. The fourth-order valence-electron chi connectivity index (χ4n) is 2.38. The van der Waals surface area contributed by atoms with Crippen molar-refractivity contribution in [3.05, 3.63) is 100 Å². The van der Waals surface area contributed by atoms with Crippen molar-refractivity contribution in [1.82, 2.24) is 10.3 Å². The smallest absolute Gasteiger partial charge is 0.272 e. The number of pyridine rings is 1. The molecule has 0 aliphatic heterocycles. The zero-order chi connectivity index (χ0) is 19.9. The molecule has 1 aromatic heterocycles. The maximum atomic E-state index is 13.4. The van der Waals surface area contributed by atoms with E-state index in [1.807, 2.05) is 0 Å². The lowest BCUT2D eigenvalue weighted by Gasteiger charge is -2.11. The number of rotatable bonds is 5. The summed E-state index contributed by atoms with van der Waals surface area (Å²) < 4.78 is 14.1. The van der Waals surface area contributed by atoms with Gasteiger partial charge in [0.25, 0.3) is 11.8 Å². The summed E-state index contributed by atoms with van der Waals surface area (Å²) in [4.78, 5) is 29.3. The Kier molecular flexibility index (Phi) is 6.29. The van der Waals surface area contributed by atoms with Gasteiger partial charge in [-0.3, -0.25) is 14.6 Å². The lowest BCUT2D eigenvalue weighted by molar-refractivity contribution is -0.113. The average Bonchev–Trinajstić information content (AvgIpc) is 2.68. The molecule has 5 nitrogen and oxygen atoms in total. The Labute approximate surface area is 169 Å². The van der Waals surface area contributed by atoms with Crippen molar-refractivity contribution in [2.75, 3.05) is 5.32 Å². The van der Waals surface area contributed by atoms with Crippen LogP contribution in [0.2, 0.25) is 0 Å². The number of benzene rings is 2. The molecule has 0 spiro atoms. The molecule has 3 aromatic rings. The third kappa shape index (κ3) is 5.34. The van der Waals surface area contributed by atoms with E-state index in [9.17, 15) is 14.0 Å². The third-order valence-electron chi connectivity index (χ3n) is 3.66. The first-order valence-corrected chi connectivity index (χ1v) is 9.06. The Hall–Kier alpha value is -3.32. The summed E-state index contributed by atoms with van der Waals surface area (Å²) in [7, 11) is 0. The van der Waals surface area contributed by atoms with E-state index < -0.39 is 17.6 Å². The molecule has 0 aliphatic rings. The molecule has 0 saturated carbocycles. The number of hydrogen-bond donors (Lipinski definition) is 2. The highest BCUT2D eigenvalue weighted by Gasteiger charge is 2.15. The number of hydrogen-bond acceptors (Lipinski definition) is 3. The van der Waals surface area contributed by atoms with Crippen LogP contribution in [0.25, 0.3) is 6.08 Å². The van der Waals surface area contributed by atoms with Crippen molar-refractivity contribution in [2.24, 2.45) is 0 Å². The van der Waals surface area contributed by atoms with Crippen LogP contribution in [0.15, 0.2) is 83.2 Å². The molecule has 0 atom stereocenters. The zero-order valence-corrected chi connectivity index (χ0v) is 16.1. The van der Waals surface area contributed by atoms with Gasteiger partial charge in [0.15, 0.2) is 0 Å². The van der Waals surface area contributed by atoms with Gasteiger partial charge in [-0.25, -0.2) is 4.39 Å². The molecule has 0 aliphatic carbocycles. The van der Waals surface area contributed by atoms with Crippen LogP contribution in [0.1, 0.15) is 15.9 Å². The van der Waals surface area contributed by atoms with Crippen LogP contribution in [0.5, 0.6) is 0 Å². The van der Waals surface area contributed by atoms with Gasteiger partial charge in [0.05, 0.1) is 0 Å². The lowest BCUT2D eigenvalue weighted by Crippen LogP contribution is -2.30. The highest BCUT2D eigenvalue weighted by molar-refractivity contribution is 9.10. The normalized spacial score (nSPS) is 11.0. The number of halogens is 2. The Balaban J connectivity index is 1.87. The summed E-state index contributed by atoms with van der Waals surface area (Å²) in [5.74, 6) is -1.52. The second-order valence-electron chi connectivity index (χ2n) is 5.77. The van der Waals surface area contributed by atoms with Crippen LogP contribution in [0.3, 0.4) is 0 Å². The van der Waals surface area contributed by atoms with Crippen molar-refractivity contribution < 1.29 is 14.0 Å². The lowest BCUT2D eigenvalue weighted by atomic mass is 10.2. The van der Waals surface area contributed by atoms with E-state index in [0.29, 0.717) is 11.1 Å². The molecule has 3 rings (SSSR count). The number of nitrogens with one attached hydrogen (secondary N) is 2. The molecule has 0 bridgehead atoms. The predicted molar refractivity (Wildman–Crippen MR) is 109 cm³/mol. The van der Waals surface area contributed by atoms with E-state index in [-0.39, 0.29) is 11.4 Å². The molecule has 28 heavy (non-hydrogen) atoms. The molecule has 0 radical (unpaired) electrons. The van der Waals surface area contributed by atoms with Gasteiger partial charge in [-0.2, -0.15) is 0 Å². The first-order valence-electron chi connectivity index (χ1n) is 8.27. The van der Waals surface area contributed by atoms with Crippen molar-refractivity contribution in [3.63, 3.8) is 0 Å². The third-order valence-corrected chi connectivity index (χ3v) is 4.15. The molecule has 2 amide bonds. The number of carbonyl (C=O) groups excluding carboxylic acids is 2. The summed E-state index contributed by atoms with van der Waals surface area (Å²) in [6, 6.07) is 15.7. The Bertz CT molecular complexity index is 1040. The van der Waals surface area contributed by atoms with E-state index in [1.54, 1.807) is 54.9 Å². The van der Waals surface area contributed by atoms with Gasteiger partial charge in [-0.05, 0) is 54.1 Å². The fraction of sp³-hybridized carbons (Fsp3) is 0. The van der Waals surface area contributed by atoms with Gasteiger partial charge in [-0.15, -0.1) is 0 Å². The topological polar surface area (TPSA) is 71.1 Å². The van der Waals surface area contributed by atoms with Gasteiger partial charge in [0.2, 0.25) is 0 Å². The number of aromatic nitrogens is 1. The molecular weight excluding hydrogens is 425 g/mol. The highest BCUT2D eigenvalue weighted by Crippen LogP contribution is 2.14. The van der Waals surface area contributed by atoms with Crippen molar-refractivity contribution >= 4 is 39.5 Å². The standard InChI is InChI=1S/C21H15BrFN3O2/c22-16-6-1-5-15(11-16)20(27)26-19(10-14-4-3-9-24-13-14)21(28)25-18-8-2-7-17(23)12-18/h1-13H,(H,25,28)(H,26,27)/b19-10-. The van der Waals surface area contributed by atoms with Gasteiger partial charge in [0, 0.05) is 28.1 Å². The van der Waals surface area contributed by atoms with Crippen molar-refractivity contribution in [1.29, 1.82) is 0 Å². The second-order valence-corrected chi connectivity index (χ2v) is 6.69. The van der Waals surface area contributed by atoms with Gasteiger partial charge < -0.3 is 10.6 Å². The molecule has 2 N–H and O–H groups in total. The molecule has 0 fully saturated rings. The van der Waals surface area contributed by atoms with E-state index in [4.69, 9.17) is 0 Å². The molecule has 140 valence electrons. The first-order chi connectivity index (χ1) is 13.5. The molecule has 0 saturated heterocycles. The minimum absolute atomic E-state index is 0.00207. The minimum Gasteiger partial charge on any atom is -0.321 e. The summed E-state index contributed by atoms with van der Waals surface area (Å²) in [6.07, 6.45) is 4.65. The molecular formula is C21H15BrFN3O2.